The lowest BCUT2D eigenvalue weighted by Gasteiger charge is -2.20. The molecule has 4 nitrogen and oxygen atoms in total. The number of benzene rings is 1. The Hall–Kier alpha value is -1.55. The van der Waals surface area contributed by atoms with Crippen LogP contribution in [0.4, 0.5) is 5.69 Å². The van der Waals surface area contributed by atoms with Gasteiger partial charge in [0.25, 0.3) is 5.91 Å². The highest BCUT2D eigenvalue weighted by Gasteiger charge is 2.32. The Morgan fingerprint density at radius 3 is 2.47 bits per heavy atom. The second-order valence-corrected chi connectivity index (χ2v) is 5.36. The molecule has 1 amide bonds. The van der Waals surface area contributed by atoms with Crippen molar-refractivity contribution in [2.24, 2.45) is 11.3 Å². The zero-order valence-electron chi connectivity index (χ0n) is 10.4. The van der Waals surface area contributed by atoms with Crippen LogP contribution >= 0.6 is 0 Å². The molecule has 0 aromatic heterocycles. The van der Waals surface area contributed by atoms with Crippen LogP contribution in [0.3, 0.4) is 0 Å². The first-order chi connectivity index (χ1) is 8.02. The van der Waals surface area contributed by atoms with E-state index in [1.807, 2.05) is 29.2 Å². The van der Waals surface area contributed by atoms with Gasteiger partial charge in [0.1, 0.15) is 0 Å². The van der Waals surface area contributed by atoms with Gasteiger partial charge in [0.15, 0.2) is 0 Å². The number of hydrogen-bond donors (Lipinski definition) is 2. The summed E-state index contributed by atoms with van der Waals surface area (Å²) in [5, 5.41) is 0. The van der Waals surface area contributed by atoms with Crippen LogP contribution < -0.4 is 11.3 Å². The normalized spacial score (nSPS) is 18.2. The average Bonchev–Trinajstić information content (AvgIpc) is 2.69. The van der Waals surface area contributed by atoms with Crippen molar-refractivity contribution in [2.75, 3.05) is 18.5 Å². The van der Waals surface area contributed by atoms with E-state index in [-0.39, 0.29) is 11.3 Å². The summed E-state index contributed by atoms with van der Waals surface area (Å²) in [5.74, 6) is 5.40. The van der Waals surface area contributed by atoms with Crippen molar-refractivity contribution in [3.63, 3.8) is 0 Å². The molecular weight excluding hydrogens is 214 g/mol. The number of rotatable bonds is 2. The zero-order valence-corrected chi connectivity index (χ0v) is 10.4. The van der Waals surface area contributed by atoms with Gasteiger partial charge in [0, 0.05) is 24.3 Å². The van der Waals surface area contributed by atoms with E-state index in [4.69, 9.17) is 5.84 Å². The SMILES string of the molecule is CC1(C)CCN(C(=O)c2ccc(NN)cc2)C1. The Kier molecular flexibility index (Phi) is 3.07. The number of nitrogens with two attached hydrogens (primary N) is 1. The third kappa shape index (κ3) is 2.58. The fraction of sp³-hybridized carbons (Fsp3) is 0.462. The van der Waals surface area contributed by atoms with Gasteiger partial charge in [-0.1, -0.05) is 13.8 Å². The molecule has 0 bridgehead atoms. The number of anilines is 1. The number of carbonyl (C=O) groups excluding carboxylic acids is 1. The Labute approximate surface area is 102 Å². The molecule has 92 valence electrons. The van der Waals surface area contributed by atoms with Gasteiger partial charge in [0.2, 0.25) is 0 Å². The molecule has 1 aromatic carbocycles. The Morgan fingerprint density at radius 2 is 2.00 bits per heavy atom. The van der Waals surface area contributed by atoms with Crippen molar-refractivity contribution in [2.45, 2.75) is 20.3 Å². The standard InChI is InChI=1S/C13H19N3O/c1-13(2)7-8-16(9-13)12(17)10-3-5-11(15-14)6-4-10/h3-6,15H,7-9,14H2,1-2H3. The van der Waals surface area contributed by atoms with E-state index >= 15 is 0 Å². The molecule has 1 fully saturated rings. The molecule has 0 unspecified atom stereocenters. The monoisotopic (exact) mass is 233 g/mol. The quantitative estimate of drug-likeness (QED) is 0.605. The van der Waals surface area contributed by atoms with Crippen LogP contribution in [0.5, 0.6) is 0 Å². The van der Waals surface area contributed by atoms with Crippen molar-refractivity contribution < 1.29 is 4.79 Å². The van der Waals surface area contributed by atoms with Gasteiger partial charge in [-0.05, 0) is 36.1 Å². The molecule has 0 aliphatic carbocycles. The zero-order chi connectivity index (χ0) is 12.5. The number of amides is 1. The highest BCUT2D eigenvalue weighted by molar-refractivity contribution is 5.94. The number of hydrogen-bond acceptors (Lipinski definition) is 3. The summed E-state index contributed by atoms with van der Waals surface area (Å²) in [6.07, 6.45) is 1.07. The lowest BCUT2D eigenvalue weighted by Crippen LogP contribution is -2.30. The molecule has 0 spiro atoms. The van der Waals surface area contributed by atoms with Crippen molar-refractivity contribution in [1.29, 1.82) is 0 Å². The minimum absolute atomic E-state index is 0.110. The lowest BCUT2D eigenvalue weighted by atomic mass is 9.93. The first kappa shape index (κ1) is 11.9. The smallest absolute Gasteiger partial charge is 0.253 e. The maximum absolute atomic E-state index is 12.2. The van der Waals surface area contributed by atoms with E-state index in [1.165, 1.54) is 0 Å². The number of hydrazine groups is 1. The molecule has 2 rings (SSSR count). The molecule has 1 heterocycles. The summed E-state index contributed by atoms with van der Waals surface area (Å²) in [7, 11) is 0. The topological polar surface area (TPSA) is 58.4 Å². The first-order valence-corrected chi connectivity index (χ1v) is 5.88. The maximum Gasteiger partial charge on any atom is 0.253 e. The molecule has 1 aliphatic rings. The molecule has 0 atom stereocenters. The molecule has 1 aromatic rings. The minimum Gasteiger partial charge on any atom is -0.338 e. The molecule has 0 saturated carbocycles. The van der Waals surface area contributed by atoms with Crippen LogP contribution in [-0.4, -0.2) is 23.9 Å². The summed E-state index contributed by atoms with van der Waals surface area (Å²) in [4.78, 5) is 14.1. The fourth-order valence-electron chi connectivity index (χ4n) is 2.18. The Bertz CT molecular complexity index is 411. The van der Waals surface area contributed by atoms with Gasteiger partial charge in [-0.25, -0.2) is 0 Å². The number of nitrogens with zero attached hydrogens (tertiary/aromatic N) is 1. The third-order valence-electron chi connectivity index (χ3n) is 3.26. The second kappa shape index (κ2) is 4.37. The number of nitrogens with one attached hydrogen (secondary N) is 1. The summed E-state index contributed by atoms with van der Waals surface area (Å²) < 4.78 is 0. The van der Waals surface area contributed by atoms with Crippen LogP contribution in [0.1, 0.15) is 30.6 Å². The highest BCUT2D eigenvalue weighted by Crippen LogP contribution is 2.29. The van der Waals surface area contributed by atoms with Crippen LogP contribution in [0, 0.1) is 5.41 Å². The summed E-state index contributed by atoms with van der Waals surface area (Å²) >= 11 is 0. The summed E-state index contributed by atoms with van der Waals surface area (Å²) in [6, 6.07) is 7.24. The van der Waals surface area contributed by atoms with Crippen LogP contribution in [0.2, 0.25) is 0 Å². The predicted octanol–water partition coefficient (Wildman–Crippen LogP) is 1.84. The van der Waals surface area contributed by atoms with Crippen molar-refractivity contribution in [3.05, 3.63) is 29.8 Å². The van der Waals surface area contributed by atoms with Crippen LogP contribution in [0.15, 0.2) is 24.3 Å². The molecule has 0 radical (unpaired) electrons. The number of likely N-dealkylation sites (tertiary alicyclic amines) is 1. The molecule has 17 heavy (non-hydrogen) atoms. The average molecular weight is 233 g/mol. The second-order valence-electron chi connectivity index (χ2n) is 5.36. The minimum atomic E-state index is 0.110. The van der Waals surface area contributed by atoms with Crippen LogP contribution in [-0.2, 0) is 0 Å². The van der Waals surface area contributed by atoms with Gasteiger partial charge in [-0.2, -0.15) is 0 Å². The molecule has 3 N–H and O–H groups in total. The third-order valence-corrected chi connectivity index (χ3v) is 3.26. The lowest BCUT2D eigenvalue weighted by molar-refractivity contribution is 0.0778. The molecule has 1 saturated heterocycles. The van der Waals surface area contributed by atoms with Gasteiger partial charge >= 0.3 is 0 Å². The van der Waals surface area contributed by atoms with Crippen molar-refractivity contribution in [1.82, 2.24) is 4.90 Å². The van der Waals surface area contributed by atoms with E-state index in [2.05, 4.69) is 19.3 Å². The van der Waals surface area contributed by atoms with Crippen molar-refractivity contribution >= 4 is 11.6 Å². The van der Waals surface area contributed by atoms with Gasteiger partial charge in [0.05, 0.1) is 0 Å². The Balaban J connectivity index is 2.09. The Morgan fingerprint density at radius 1 is 1.35 bits per heavy atom. The van der Waals surface area contributed by atoms with Gasteiger partial charge in [-0.3, -0.25) is 10.6 Å². The van der Waals surface area contributed by atoms with E-state index in [0.717, 1.165) is 30.8 Å². The van der Waals surface area contributed by atoms with Crippen LogP contribution in [0.25, 0.3) is 0 Å². The van der Waals surface area contributed by atoms with E-state index < -0.39 is 0 Å². The molecule has 4 heteroatoms. The first-order valence-electron chi connectivity index (χ1n) is 5.88. The number of nitrogen functional groups attached to an aromatic ring is 1. The number of carbonyl (C=O) groups is 1. The largest absolute Gasteiger partial charge is 0.338 e. The van der Waals surface area contributed by atoms with Crippen molar-refractivity contribution in [3.8, 4) is 0 Å². The predicted molar refractivity (Wildman–Crippen MR) is 68.6 cm³/mol. The van der Waals surface area contributed by atoms with Gasteiger partial charge < -0.3 is 10.3 Å². The highest BCUT2D eigenvalue weighted by atomic mass is 16.2. The van der Waals surface area contributed by atoms with E-state index in [0.29, 0.717) is 0 Å². The maximum atomic E-state index is 12.2. The van der Waals surface area contributed by atoms with E-state index in [9.17, 15) is 4.79 Å². The summed E-state index contributed by atoms with van der Waals surface area (Å²) in [6.45, 7) is 6.08. The van der Waals surface area contributed by atoms with Gasteiger partial charge in [-0.15, -0.1) is 0 Å². The fourth-order valence-corrected chi connectivity index (χ4v) is 2.18. The molecular formula is C13H19N3O. The summed E-state index contributed by atoms with van der Waals surface area (Å²) in [5.41, 5.74) is 4.33. The molecule has 1 aliphatic heterocycles. The van der Waals surface area contributed by atoms with E-state index in [1.54, 1.807) is 0 Å².